The molecular formula is C7H13NaO6. The van der Waals surface area contributed by atoms with E-state index in [1.54, 1.807) is 0 Å². The zero-order valence-corrected chi connectivity index (χ0v) is 9.08. The van der Waals surface area contributed by atoms with Crippen molar-refractivity contribution in [2.45, 2.75) is 31.8 Å². The van der Waals surface area contributed by atoms with Crippen LogP contribution in [0.15, 0.2) is 0 Å². The SMILES string of the molecule is C.O=C1O[C@H]([C@@H](O)CO)C(O)C1[O-].[Na+]. The zero-order valence-electron chi connectivity index (χ0n) is 7.08. The molecule has 3 N–H and O–H groups in total. The summed E-state index contributed by atoms with van der Waals surface area (Å²) in [6, 6.07) is 0. The Kier molecular flexibility index (Phi) is 8.04. The smallest absolute Gasteiger partial charge is 0.842 e. The van der Waals surface area contributed by atoms with Crippen molar-refractivity contribution in [3.8, 4) is 0 Å². The van der Waals surface area contributed by atoms with Crippen LogP contribution in [0.3, 0.4) is 0 Å². The average molecular weight is 216 g/mol. The molecule has 4 atom stereocenters. The van der Waals surface area contributed by atoms with Crippen LogP contribution in [0.2, 0.25) is 0 Å². The first kappa shape index (κ1) is 16.7. The Balaban J connectivity index is 0. The molecule has 78 valence electrons. The van der Waals surface area contributed by atoms with Crippen LogP contribution in [0.4, 0.5) is 0 Å². The van der Waals surface area contributed by atoms with Crippen molar-refractivity contribution in [3.05, 3.63) is 0 Å². The largest absolute Gasteiger partial charge is 1.00 e. The Morgan fingerprint density at radius 1 is 1.57 bits per heavy atom. The summed E-state index contributed by atoms with van der Waals surface area (Å²) in [5.74, 6) is -1.10. The molecule has 7 heteroatoms. The van der Waals surface area contributed by atoms with Crippen LogP contribution < -0.4 is 34.7 Å². The van der Waals surface area contributed by atoms with Crippen molar-refractivity contribution in [1.29, 1.82) is 0 Å². The maximum absolute atomic E-state index is 10.7. The Morgan fingerprint density at radius 2 is 2.07 bits per heavy atom. The van der Waals surface area contributed by atoms with Gasteiger partial charge >= 0.3 is 29.6 Å². The normalized spacial score (nSPS) is 32.6. The maximum Gasteiger partial charge on any atom is 1.00 e. The summed E-state index contributed by atoms with van der Waals surface area (Å²) in [7, 11) is 0. The molecule has 1 heterocycles. The summed E-state index contributed by atoms with van der Waals surface area (Å²) in [6.45, 7) is -0.665. The van der Waals surface area contributed by atoms with E-state index in [0.29, 0.717) is 0 Å². The molecule has 14 heavy (non-hydrogen) atoms. The van der Waals surface area contributed by atoms with Gasteiger partial charge in [-0.3, -0.25) is 4.79 Å². The van der Waals surface area contributed by atoms with E-state index in [9.17, 15) is 9.90 Å². The number of carbonyl (C=O) groups excluding carboxylic acids is 1. The summed E-state index contributed by atoms with van der Waals surface area (Å²) in [4.78, 5) is 10.5. The molecule has 1 saturated heterocycles. The van der Waals surface area contributed by atoms with E-state index in [4.69, 9.17) is 15.3 Å². The molecule has 0 saturated carbocycles. The van der Waals surface area contributed by atoms with Crippen LogP contribution >= 0.6 is 0 Å². The standard InChI is InChI=1S/C6H9O6.CH4.Na/c7-1-2(8)5-3(9)4(10)6(11)12-5;;/h2-5,7-9H,1H2;1H4;/q-1;;+1/t2-,3?,4?,5+;;/m0../s1. The number of cyclic esters (lactones) is 1. The second-order valence-electron chi connectivity index (χ2n) is 2.56. The quantitative estimate of drug-likeness (QED) is 0.313. The van der Waals surface area contributed by atoms with Gasteiger partial charge in [-0.1, -0.05) is 7.43 Å². The van der Waals surface area contributed by atoms with Gasteiger partial charge in [0, 0.05) is 6.10 Å². The van der Waals surface area contributed by atoms with Crippen LogP contribution in [0.5, 0.6) is 0 Å². The third-order valence-electron chi connectivity index (χ3n) is 1.70. The van der Waals surface area contributed by atoms with E-state index < -0.39 is 37.0 Å². The van der Waals surface area contributed by atoms with Gasteiger partial charge in [-0.05, 0) is 0 Å². The molecule has 0 aromatic carbocycles. The minimum Gasteiger partial charge on any atom is -0.842 e. The number of hydrogen-bond donors (Lipinski definition) is 3. The Hall–Kier alpha value is 0.310. The van der Waals surface area contributed by atoms with E-state index in [0.717, 1.165) is 0 Å². The van der Waals surface area contributed by atoms with Crippen molar-refractivity contribution in [1.82, 2.24) is 0 Å². The number of esters is 1. The van der Waals surface area contributed by atoms with Crippen molar-refractivity contribution in [2.24, 2.45) is 0 Å². The van der Waals surface area contributed by atoms with Crippen LogP contribution in [-0.4, -0.2) is 52.3 Å². The van der Waals surface area contributed by atoms with E-state index >= 15 is 0 Å². The molecule has 0 bridgehead atoms. The summed E-state index contributed by atoms with van der Waals surface area (Å²) >= 11 is 0. The minimum atomic E-state index is -1.88. The van der Waals surface area contributed by atoms with Gasteiger partial charge in [-0.15, -0.1) is 0 Å². The zero-order chi connectivity index (χ0) is 9.30. The third kappa shape index (κ3) is 3.16. The second kappa shape index (κ2) is 6.73. The number of aliphatic hydroxyl groups excluding tert-OH is 3. The van der Waals surface area contributed by atoms with Gasteiger partial charge in [0.05, 0.1) is 12.7 Å². The predicted molar refractivity (Wildman–Crippen MR) is 39.5 cm³/mol. The predicted octanol–water partition coefficient (Wildman–Crippen LogP) is -6.01. The molecule has 0 aromatic rings. The van der Waals surface area contributed by atoms with Crippen molar-refractivity contribution >= 4 is 5.97 Å². The van der Waals surface area contributed by atoms with E-state index in [1.807, 2.05) is 0 Å². The fourth-order valence-electron chi connectivity index (χ4n) is 0.993. The summed E-state index contributed by atoms with van der Waals surface area (Å²) in [5, 5.41) is 37.1. The van der Waals surface area contributed by atoms with E-state index in [1.165, 1.54) is 0 Å². The van der Waals surface area contributed by atoms with E-state index in [-0.39, 0.29) is 37.0 Å². The summed E-state index contributed by atoms with van der Waals surface area (Å²) in [6.07, 6.45) is -6.16. The number of ether oxygens (including phenoxy) is 1. The molecule has 2 unspecified atom stereocenters. The molecule has 1 fully saturated rings. The Bertz CT molecular complexity index is 187. The minimum absolute atomic E-state index is 0. The molecule has 0 spiro atoms. The first-order chi connectivity index (χ1) is 5.57. The first-order valence-electron chi connectivity index (χ1n) is 3.41. The molecular weight excluding hydrogens is 203 g/mol. The van der Waals surface area contributed by atoms with Gasteiger partial charge in [0.1, 0.15) is 6.10 Å². The monoisotopic (exact) mass is 216 g/mol. The average Bonchev–Trinajstić information content (AvgIpc) is 2.32. The fourth-order valence-corrected chi connectivity index (χ4v) is 0.993. The summed E-state index contributed by atoms with van der Waals surface area (Å²) in [5.41, 5.74) is 0. The van der Waals surface area contributed by atoms with Gasteiger partial charge in [0.2, 0.25) is 0 Å². The molecule has 0 radical (unpaired) electrons. The Labute approximate surface area is 104 Å². The Morgan fingerprint density at radius 3 is 2.36 bits per heavy atom. The van der Waals surface area contributed by atoms with Crippen molar-refractivity contribution in [2.75, 3.05) is 6.61 Å². The van der Waals surface area contributed by atoms with Gasteiger partial charge in [0.15, 0.2) is 6.10 Å². The molecule has 6 nitrogen and oxygen atoms in total. The second-order valence-corrected chi connectivity index (χ2v) is 2.56. The first-order valence-corrected chi connectivity index (χ1v) is 3.41. The van der Waals surface area contributed by atoms with Crippen molar-refractivity contribution < 1.29 is 59.5 Å². The molecule has 1 aliphatic rings. The van der Waals surface area contributed by atoms with Crippen molar-refractivity contribution in [3.63, 3.8) is 0 Å². The number of aliphatic hydroxyl groups is 3. The van der Waals surface area contributed by atoms with Gasteiger partial charge in [0.25, 0.3) is 5.97 Å². The molecule has 1 aliphatic heterocycles. The topological polar surface area (TPSA) is 110 Å². The number of carbonyl (C=O) groups is 1. The molecule has 1 rings (SSSR count). The van der Waals surface area contributed by atoms with Gasteiger partial charge < -0.3 is 25.2 Å². The molecule has 0 amide bonds. The van der Waals surface area contributed by atoms with Crippen LogP contribution in [0, 0.1) is 0 Å². The van der Waals surface area contributed by atoms with Gasteiger partial charge in [-0.25, -0.2) is 0 Å². The van der Waals surface area contributed by atoms with E-state index in [2.05, 4.69) is 4.74 Å². The van der Waals surface area contributed by atoms with Crippen LogP contribution in [0.25, 0.3) is 0 Å². The van der Waals surface area contributed by atoms with Gasteiger partial charge in [-0.2, -0.15) is 0 Å². The molecule has 0 aromatic heterocycles. The third-order valence-corrected chi connectivity index (χ3v) is 1.70. The summed E-state index contributed by atoms with van der Waals surface area (Å²) < 4.78 is 4.33. The number of hydrogen-bond acceptors (Lipinski definition) is 6. The molecule has 0 aliphatic carbocycles. The van der Waals surface area contributed by atoms with Crippen LogP contribution in [0.1, 0.15) is 7.43 Å². The maximum atomic E-state index is 10.7. The fraction of sp³-hybridized carbons (Fsp3) is 0.857. The number of rotatable bonds is 2. The van der Waals surface area contributed by atoms with Crippen LogP contribution in [-0.2, 0) is 9.53 Å².